The Bertz CT molecular complexity index is 1060. The molecule has 0 unspecified atom stereocenters. The first-order chi connectivity index (χ1) is 14.1. The largest absolute Gasteiger partial charge is 0.386 e. The van der Waals surface area contributed by atoms with Gasteiger partial charge in [-0.05, 0) is 72.7 Å². The van der Waals surface area contributed by atoms with Gasteiger partial charge >= 0.3 is 6.03 Å². The minimum absolute atomic E-state index is 0.100. The van der Waals surface area contributed by atoms with Gasteiger partial charge in [-0.2, -0.15) is 0 Å². The Hall–Kier alpha value is -2.16. The molecule has 0 aromatic heterocycles. The fourth-order valence-corrected chi connectivity index (χ4v) is 4.37. The van der Waals surface area contributed by atoms with E-state index in [2.05, 4.69) is 5.32 Å². The Balaban J connectivity index is 2.40. The molecule has 0 aliphatic carbocycles. The number of carbonyl (C=O) groups excluding carboxylic acids is 1. The highest BCUT2D eigenvalue weighted by molar-refractivity contribution is 7.90. The average molecular weight is 471 g/mol. The zero-order valence-corrected chi connectivity index (χ0v) is 20.0. The van der Waals surface area contributed by atoms with Crippen molar-refractivity contribution >= 4 is 33.3 Å². The first-order valence-corrected chi connectivity index (χ1v) is 11.7. The molecule has 0 heterocycles. The molecule has 0 spiro atoms. The SMILES string of the molecule is CC(C)c1cc(F)cc(C(C)C)c1NC(=O)NS(=O)(=O)c1cc(Cl)cc(C(C)(C)O)c1. The Morgan fingerprint density at radius 3 is 2.00 bits per heavy atom. The number of hydrogen-bond donors (Lipinski definition) is 3. The average Bonchev–Trinajstić information content (AvgIpc) is 2.60. The van der Waals surface area contributed by atoms with Crippen molar-refractivity contribution in [3.8, 4) is 0 Å². The fourth-order valence-electron chi connectivity index (χ4n) is 3.10. The molecule has 0 saturated heterocycles. The predicted molar refractivity (Wildman–Crippen MR) is 121 cm³/mol. The summed E-state index contributed by atoms with van der Waals surface area (Å²) in [5.74, 6) is -0.645. The van der Waals surface area contributed by atoms with E-state index in [1.165, 1.54) is 44.2 Å². The Morgan fingerprint density at radius 1 is 1.03 bits per heavy atom. The predicted octanol–water partition coefficient (Wildman–Crippen LogP) is 5.46. The number of sulfonamides is 1. The molecule has 0 bridgehead atoms. The van der Waals surface area contributed by atoms with E-state index < -0.39 is 27.5 Å². The van der Waals surface area contributed by atoms with Crippen LogP contribution in [0.25, 0.3) is 0 Å². The van der Waals surface area contributed by atoms with E-state index in [1.54, 1.807) is 0 Å². The van der Waals surface area contributed by atoms with Crippen molar-refractivity contribution in [1.29, 1.82) is 0 Å². The van der Waals surface area contributed by atoms with Gasteiger partial charge in [-0.25, -0.2) is 22.3 Å². The van der Waals surface area contributed by atoms with Crippen LogP contribution in [-0.4, -0.2) is 19.6 Å². The molecular weight excluding hydrogens is 443 g/mol. The van der Waals surface area contributed by atoms with Gasteiger partial charge in [0.05, 0.1) is 10.5 Å². The van der Waals surface area contributed by atoms with E-state index in [0.717, 1.165) is 0 Å². The van der Waals surface area contributed by atoms with Gasteiger partial charge in [0.1, 0.15) is 5.82 Å². The van der Waals surface area contributed by atoms with Crippen molar-refractivity contribution in [2.24, 2.45) is 0 Å². The van der Waals surface area contributed by atoms with Crippen LogP contribution in [0.2, 0.25) is 5.02 Å². The quantitative estimate of drug-likeness (QED) is 0.522. The van der Waals surface area contributed by atoms with E-state index in [-0.39, 0.29) is 27.3 Å². The Morgan fingerprint density at radius 2 is 1.55 bits per heavy atom. The van der Waals surface area contributed by atoms with Gasteiger partial charge in [-0.1, -0.05) is 39.3 Å². The lowest BCUT2D eigenvalue weighted by Crippen LogP contribution is -2.35. The standard InChI is InChI=1S/C22H28ClFN2O4S/c1-12(2)18-10-16(24)11-19(13(3)4)20(18)25-21(27)26-31(29,30)17-8-14(22(5,6)28)7-15(23)9-17/h7-13,28H,1-6H3,(H2,25,26,27). The third kappa shape index (κ3) is 6.18. The molecule has 2 rings (SSSR count). The number of amides is 2. The topological polar surface area (TPSA) is 95.5 Å². The van der Waals surface area contributed by atoms with Gasteiger partial charge < -0.3 is 10.4 Å². The highest BCUT2D eigenvalue weighted by Crippen LogP contribution is 2.34. The lowest BCUT2D eigenvalue weighted by molar-refractivity contribution is 0.0784. The van der Waals surface area contributed by atoms with Crippen LogP contribution >= 0.6 is 11.6 Å². The molecular formula is C22H28ClFN2O4S. The molecule has 2 amide bonds. The summed E-state index contributed by atoms with van der Waals surface area (Å²) in [4.78, 5) is 12.4. The molecule has 0 saturated carbocycles. The molecule has 0 atom stereocenters. The Kier molecular flexibility index (Phi) is 7.40. The fraction of sp³-hybridized carbons (Fsp3) is 0.409. The van der Waals surface area contributed by atoms with Crippen molar-refractivity contribution in [3.05, 3.63) is 57.9 Å². The molecule has 3 N–H and O–H groups in total. The van der Waals surface area contributed by atoms with Crippen molar-refractivity contribution in [3.63, 3.8) is 0 Å². The number of urea groups is 1. The summed E-state index contributed by atoms with van der Waals surface area (Å²) in [5.41, 5.74) is 0.446. The van der Waals surface area contributed by atoms with E-state index in [0.29, 0.717) is 16.8 Å². The zero-order chi connectivity index (χ0) is 23.7. The van der Waals surface area contributed by atoms with E-state index in [4.69, 9.17) is 11.6 Å². The molecule has 2 aromatic rings. The van der Waals surface area contributed by atoms with Crippen LogP contribution in [0, 0.1) is 5.82 Å². The second-order valence-electron chi connectivity index (χ2n) is 8.56. The van der Waals surface area contributed by atoms with Gasteiger partial charge in [0.15, 0.2) is 0 Å². The summed E-state index contributed by atoms with van der Waals surface area (Å²) in [6, 6.07) is 5.55. The van der Waals surface area contributed by atoms with Gasteiger partial charge in [0, 0.05) is 10.7 Å². The third-order valence-corrected chi connectivity index (χ3v) is 6.29. The van der Waals surface area contributed by atoms with Crippen LogP contribution in [0.4, 0.5) is 14.9 Å². The minimum Gasteiger partial charge on any atom is -0.386 e. The maximum Gasteiger partial charge on any atom is 0.333 e. The first kappa shape index (κ1) is 25.1. The van der Waals surface area contributed by atoms with Gasteiger partial charge in [-0.3, -0.25) is 0 Å². The number of nitrogens with one attached hydrogen (secondary N) is 2. The molecule has 6 nitrogen and oxygen atoms in total. The molecule has 0 radical (unpaired) electrons. The third-order valence-electron chi connectivity index (χ3n) is 4.76. The van der Waals surface area contributed by atoms with Crippen LogP contribution in [0.5, 0.6) is 0 Å². The number of rotatable bonds is 6. The van der Waals surface area contributed by atoms with Crippen molar-refractivity contribution < 1.29 is 22.7 Å². The van der Waals surface area contributed by atoms with Crippen LogP contribution in [0.15, 0.2) is 35.2 Å². The second kappa shape index (κ2) is 9.14. The molecule has 0 aliphatic rings. The second-order valence-corrected chi connectivity index (χ2v) is 10.7. The lowest BCUT2D eigenvalue weighted by Gasteiger charge is -2.21. The highest BCUT2D eigenvalue weighted by Gasteiger charge is 2.25. The number of anilines is 1. The van der Waals surface area contributed by atoms with Gasteiger partial charge in [0.2, 0.25) is 0 Å². The summed E-state index contributed by atoms with van der Waals surface area (Å²) < 4.78 is 41.6. The maximum absolute atomic E-state index is 14.1. The summed E-state index contributed by atoms with van der Waals surface area (Å²) in [6.45, 7) is 10.4. The van der Waals surface area contributed by atoms with E-state index >= 15 is 0 Å². The lowest BCUT2D eigenvalue weighted by atomic mass is 9.92. The minimum atomic E-state index is -4.29. The van der Waals surface area contributed by atoms with Crippen LogP contribution in [-0.2, 0) is 15.6 Å². The molecule has 9 heteroatoms. The number of carbonyl (C=O) groups is 1. The summed E-state index contributed by atoms with van der Waals surface area (Å²) >= 11 is 6.02. The highest BCUT2D eigenvalue weighted by atomic mass is 35.5. The maximum atomic E-state index is 14.1. The summed E-state index contributed by atoms with van der Waals surface area (Å²) in [5, 5.41) is 12.9. The van der Waals surface area contributed by atoms with Gasteiger partial charge in [-0.15, -0.1) is 0 Å². The first-order valence-electron chi connectivity index (χ1n) is 9.82. The monoisotopic (exact) mass is 470 g/mol. The summed E-state index contributed by atoms with van der Waals surface area (Å²) in [7, 11) is -4.29. The van der Waals surface area contributed by atoms with Crippen molar-refractivity contribution in [2.75, 3.05) is 5.32 Å². The van der Waals surface area contributed by atoms with Crippen molar-refractivity contribution in [1.82, 2.24) is 4.72 Å². The van der Waals surface area contributed by atoms with Crippen LogP contribution in [0.1, 0.15) is 70.1 Å². The molecule has 170 valence electrons. The number of benzene rings is 2. The van der Waals surface area contributed by atoms with Crippen molar-refractivity contribution in [2.45, 2.75) is 63.9 Å². The molecule has 2 aromatic carbocycles. The number of halogens is 2. The van der Waals surface area contributed by atoms with E-state index in [9.17, 15) is 22.7 Å². The van der Waals surface area contributed by atoms with E-state index in [1.807, 2.05) is 32.4 Å². The smallest absolute Gasteiger partial charge is 0.333 e. The molecule has 31 heavy (non-hydrogen) atoms. The zero-order valence-electron chi connectivity index (χ0n) is 18.4. The van der Waals surface area contributed by atoms with Gasteiger partial charge in [0.25, 0.3) is 10.0 Å². The number of aliphatic hydroxyl groups is 1. The van der Waals surface area contributed by atoms with Crippen LogP contribution in [0.3, 0.4) is 0 Å². The van der Waals surface area contributed by atoms with Crippen LogP contribution < -0.4 is 10.0 Å². The normalized spacial score (nSPS) is 12.4. The molecule has 0 fully saturated rings. The number of hydrogen-bond acceptors (Lipinski definition) is 4. The Labute approximate surface area is 187 Å². The summed E-state index contributed by atoms with van der Waals surface area (Å²) in [6.07, 6.45) is 0. The molecule has 0 aliphatic heterocycles.